The Morgan fingerprint density at radius 2 is 2.00 bits per heavy atom. The van der Waals surface area contributed by atoms with E-state index in [-0.39, 0.29) is 6.10 Å². The second kappa shape index (κ2) is 6.35. The third kappa shape index (κ3) is 6.99. The van der Waals surface area contributed by atoms with Gasteiger partial charge in [0.25, 0.3) is 0 Å². The van der Waals surface area contributed by atoms with Crippen molar-refractivity contribution in [1.82, 2.24) is 5.32 Å². The van der Waals surface area contributed by atoms with Crippen molar-refractivity contribution < 1.29 is 10.2 Å². The number of hydrogen-bond acceptors (Lipinski definition) is 3. The fourth-order valence-electron chi connectivity index (χ4n) is 1.07. The van der Waals surface area contributed by atoms with Gasteiger partial charge in [0.1, 0.15) is 0 Å². The van der Waals surface area contributed by atoms with Crippen LogP contribution in [0.1, 0.15) is 40.0 Å². The standard InChI is InChI=1S/C10H23NO2/c1-4-6-9(12)7-11-8-10(3,13)5-2/h9,11-13H,4-8H2,1-3H3. The van der Waals surface area contributed by atoms with Crippen LogP contribution in [0.2, 0.25) is 0 Å². The van der Waals surface area contributed by atoms with Crippen LogP contribution < -0.4 is 5.32 Å². The summed E-state index contributed by atoms with van der Waals surface area (Å²) in [5.74, 6) is 0. The van der Waals surface area contributed by atoms with Crippen LogP contribution in [-0.4, -0.2) is 35.0 Å². The molecule has 3 N–H and O–H groups in total. The van der Waals surface area contributed by atoms with E-state index in [9.17, 15) is 10.2 Å². The number of aliphatic hydroxyl groups excluding tert-OH is 1. The van der Waals surface area contributed by atoms with Crippen molar-refractivity contribution in [2.45, 2.75) is 51.7 Å². The first-order valence-electron chi connectivity index (χ1n) is 5.13. The molecule has 0 amide bonds. The summed E-state index contributed by atoms with van der Waals surface area (Å²) in [6, 6.07) is 0. The zero-order chi connectivity index (χ0) is 10.3. The number of aliphatic hydroxyl groups is 2. The lowest BCUT2D eigenvalue weighted by Crippen LogP contribution is -2.40. The van der Waals surface area contributed by atoms with Crippen molar-refractivity contribution >= 4 is 0 Å². The van der Waals surface area contributed by atoms with Gasteiger partial charge in [0.2, 0.25) is 0 Å². The molecule has 13 heavy (non-hydrogen) atoms. The Bertz CT molecular complexity index is 126. The maximum atomic E-state index is 9.62. The summed E-state index contributed by atoms with van der Waals surface area (Å²) in [7, 11) is 0. The van der Waals surface area contributed by atoms with E-state index in [0.29, 0.717) is 13.1 Å². The highest BCUT2D eigenvalue weighted by Gasteiger charge is 2.16. The lowest BCUT2D eigenvalue weighted by atomic mass is 10.0. The molecular weight excluding hydrogens is 166 g/mol. The zero-order valence-corrected chi connectivity index (χ0v) is 9.01. The summed E-state index contributed by atoms with van der Waals surface area (Å²) in [6.45, 7) is 6.91. The van der Waals surface area contributed by atoms with Crippen LogP contribution in [0.4, 0.5) is 0 Å². The van der Waals surface area contributed by atoms with E-state index >= 15 is 0 Å². The van der Waals surface area contributed by atoms with E-state index in [2.05, 4.69) is 5.32 Å². The molecule has 2 unspecified atom stereocenters. The van der Waals surface area contributed by atoms with Crippen molar-refractivity contribution in [3.05, 3.63) is 0 Å². The molecular formula is C10H23NO2. The fourth-order valence-corrected chi connectivity index (χ4v) is 1.07. The third-order valence-corrected chi connectivity index (χ3v) is 2.27. The molecule has 0 rings (SSSR count). The van der Waals surface area contributed by atoms with Crippen LogP contribution in [0.15, 0.2) is 0 Å². The van der Waals surface area contributed by atoms with Gasteiger partial charge in [-0.2, -0.15) is 0 Å². The van der Waals surface area contributed by atoms with Gasteiger partial charge in [0.15, 0.2) is 0 Å². The molecule has 0 fully saturated rings. The Balaban J connectivity index is 3.44. The summed E-state index contributed by atoms with van der Waals surface area (Å²) in [5.41, 5.74) is -0.647. The van der Waals surface area contributed by atoms with Crippen LogP contribution in [0.5, 0.6) is 0 Å². The molecule has 0 bridgehead atoms. The van der Waals surface area contributed by atoms with E-state index in [1.165, 1.54) is 0 Å². The third-order valence-electron chi connectivity index (χ3n) is 2.27. The molecule has 0 aromatic rings. The predicted octanol–water partition coefficient (Wildman–Crippen LogP) is 0.898. The minimum atomic E-state index is -0.647. The highest BCUT2D eigenvalue weighted by molar-refractivity contribution is 4.74. The lowest BCUT2D eigenvalue weighted by Gasteiger charge is -2.22. The second-order valence-corrected chi connectivity index (χ2v) is 3.92. The highest BCUT2D eigenvalue weighted by atomic mass is 16.3. The molecule has 2 atom stereocenters. The molecule has 80 valence electrons. The van der Waals surface area contributed by atoms with Gasteiger partial charge in [-0.05, 0) is 19.8 Å². The molecule has 0 aliphatic heterocycles. The SMILES string of the molecule is CCCC(O)CNCC(C)(O)CC. The largest absolute Gasteiger partial charge is 0.392 e. The summed E-state index contributed by atoms with van der Waals surface area (Å²) in [6.07, 6.45) is 2.26. The van der Waals surface area contributed by atoms with Gasteiger partial charge in [-0.25, -0.2) is 0 Å². The highest BCUT2D eigenvalue weighted by Crippen LogP contribution is 2.05. The maximum absolute atomic E-state index is 9.62. The first-order valence-corrected chi connectivity index (χ1v) is 5.13. The summed E-state index contributed by atoms with van der Waals surface area (Å²) < 4.78 is 0. The molecule has 0 aliphatic carbocycles. The van der Waals surface area contributed by atoms with Gasteiger partial charge >= 0.3 is 0 Å². The quantitative estimate of drug-likeness (QED) is 0.557. The molecule has 0 spiro atoms. The van der Waals surface area contributed by atoms with Crippen molar-refractivity contribution in [1.29, 1.82) is 0 Å². The van der Waals surface area contributed by atoms with E-state index in [0.717, 1.165) is 19.3 Å². The maximum Gasteiger partial charge on any atom is 0.0741 e. The van der Waals surface area contributed by atoms with E-state index in [1.54, 1.807) is 6.92 Å². The van der Waals surface area contributed by atoms with Gasteiger partial charge in [-0.15, -0.1) is 0 Å². The van der Waals surface area contributed by atoms with Crippen LogP contribution >= 0.6 is 0 Å². The number of rotatable bonds is 7. The molecule has 3 heteroatoms. The van der Waals surface area contributed by atoms with Crippen molar-refractivity contribution in [2.24, 2.45) is 0 Å². The van der Waals surface area contributed by atoms with Gasteiger partial charge in [0.05, 0.1) is 11.7 Å². The van der Waals surface area contributed by atoms with E-state index in [4.69, 9.17) is 0 Å². The van der Waals surface area contributed by atoms with Gasteiger partial charge in [0, 0.05) is 13.1 Å². The average Bonchev–Trinajstić information content (AvgIpc) is 2.05. The van der Waals surface area contributed by atoms with E-state index in [1.807, 2.05) is 13.8 Å². The lowest BCUT2D eigenvalue weighted by molar-refractivity contribution is 0.0512. The smallest absolute Gasteiger partial charge is 0.0741 e. The monoisotopic (exact) mass is 189 g/mol. The average molecular weight is 189 g/mol. The molecule has 3 nitrogen and oxygen atoms in total. The molecule has 0 saturated heterocycles. The van der Waals surface area contributed by atoms with E-state index < -0.39 is 5.60 Å². The van der Waals surface area contributed by atoms with Crippen LogP contribution in [0.3, 0.4) is 0 Å². The van der Waals surface area contributed by atoms with Gasteiger partial charge in [-0.3, -0.25) is 0 Å². The van der Waals surface area contributed by atoms with Crippen molar-refractivity contribution in [2.75, 3.05) is 13.1 Å². The molecule has 0 heterocycles. The minimum absolute atomic E-state index is 0.280. The van der Waals surface area contributed by atoms with Gasteiger partial charge in [-0.1, -0.05) is 20.3 Å². The minimum Gasteiger partial charge on any atom is -0.392 e. The Morgan fingerprint density at radius 3 is 2.46 bits per heavy atom. The molecule has 0 aliphatic rings. The Labute approximate surface area is 81.2 Å². The molecule has 0 radical (unpaired) electrons. The van der Waals surface area contributed by atoms with Gasteiger partial charge < -0.3 is 15.5 Å². The summed E-state index contributed by atoms with van der Waals surface area (Å²) >= 11 is 0. The summed E-state index contributed by atoms with van der Waals surface area (Å²) in [5, 5.41) is 22.1. The van der Waals surface area contributed by atoms with Crippen LogP contribution in [0.25, 0.3) is 0 Å². The second-order valence-electron chi connectivity index (χ2n) is 3.92. The Morgan fingerprint density at radius 1 is 1.38 bits per heavy atom. The normalized spacial score (nSPS) is 18.2. The molecule has 0 saturated carbocycles. The fraction of sp³-hybridized carbons (Fsp3) is 1.00. The first kappa shape index (κ1) is 12.9. The Hall–Kier alpha value is -0.120. The Kier molecular flexibility index (Phi) is 6.29. The van der Waals surface area contributed by atoms with Crippen molar-refractivity contribution in [3.63, 3.8) is 0 Å². The topological polar surface area (TPSA) is 52.5 Å². The van der Waals surface area contributed by atoms with Crippen molar-refractivity contribution in [3.8, 4) is 0 Å². The number of hydrogen-bond donors (Lipinski definition) is 3. The first-order chi connectivity index (χ1) is 6.02. The number of nitrogens with one attached hydrogen (secondary N) is 1. The molecule has 0 aromatic carbocycles. The van der Waals surface area contributed by atoms with Crippen LogP contribution in [0, 0.1) is 0 Å². The molecule has 0 aromatic heterocycles. The summed E-state index contributed by atoms with van der Waals surface area (Å²) in [4.78, 5) is 0. The zero-order valence-electron chi connectivity index (χ0n) is 9.01. The van der Waals surface area contributed by atoms with Crippen LogP contribution in [-0.2, 0) is 0 Å². The predicted molar refractivity (Wildman–Crippen MR) is 54.7 cm³/mol.